The third-order valence-electron chi connectivity index (χ3n) is 4.76. The molecule has 32 heavy (non-hydrogen) atoms. The smallest absolute Gasteiger partial charge is 0.406 e. The van der Waals surface area contributed by atoms with E-state index in [1.54, 1.807) is 6.20 Å². The van der Waals surface area contributed by atoms with Crippen molar-refractivity contribution in [2.24, 2.45) is 0 Å². The van der Waals surface area contributed by atoms with Crippen molar-refractivity contribution in [2.75, 3.05) is 41.3 Å². The van der Waals surface area contributed by atoms with Crippen molar-refractivity contribution in [1.29, 1.82) is 0 Å². The number of nitrogens with one attached hydrogen (secondary N) is 1. The molecular formula is C21H19F3N6O2. The summed E-state index contributed by atoms with van der Waals surface area (Å²) >= 11 is 0. The molecule has 0 radical (unpaired) electrons. The first kappa shape index (κ1) is 21.3. The van der Waals surface area contributed by atoms with E-state index in [1.807, 2.05) is 23.1 Å². The summed E-state index contributed by atoms with van der Waals surface area (Å²) in [5.41, 5.74) is 0.342. The molecule has 11 heteroatoms. The predicted molar refractivity (Wildman–Crippen MR) is 112 cm³/mol. The first-order chi connectivity index (χ1) is 15.4. The summed E-state index contributed by atoms with van der Waals surface area (Å²) in [5, 5.41) is 2.57. The molecule has 1 saturated heterocycles. The molecule has 1 N–H and O–H groups in total. The maximum atomic E-state index is 12.4. The fourth-order valence-corrected chi connectivity index (χ4v) is 3.26. The lowest BCUT2D eigenvalue weighted by Gasteiger charge is -2.35. The van der Waals surface area contributed by atoms with Gasteiger partial charge in [0.05, 0.1) is 18.1 Å². The first-order valence-corrected chi connectivity index (χ1v) is 9.77. The Labute approximate surface area is 181 Å². The number of halogens is 3. The van der Waals surface area contributed by atoms with Crippen LogP contribution in [0.15, 0.2) is 61.1 Å². The largest absolute Gasteiger partial charge is 0.573 e. The molecule has 0 spiro atoms. The van der Waals surface area contributed by atoms with Gasteiger partial charge >= 0.3 is 6.36 Å². The van der Waals surface area contributed by atoms with Gasteiger partial charge in [-0.15, -0.1) is 13.2 Å². The lowest BCUT2D eigenvalue weighted by Crippen LogP contribution is -2.47. The van der Waals surface area contributed by atoms with Crippen LogP contribution in [0, 0.1) is 0 Å². The topological polar surface area (TPSA) is 83.5 Å². The Bertz CT molecular complexity index is 1060. The highest BCUT2D eigenvalue weighted by atomic mass is 19.4. The van der Waals surface area contributed by atoms with Crippen LogP contribution < -0.4 is 19.9 Å². The van der Waals surface area contributed by atoms with Gasteiger partial charge in [0, 0.05) is 37.9 Å². The number of benzene rings is 1. The Morgan fingerprint density at radius 3 is 2.31 bits per heavy atom. The molecule has 0 saturated carbocycles. The summed E-state index contributed by atoms with van der Waals surface area (Å²) in [6.45, 7) is 2.98. The van der Waals surface area contributed by atoms with Crippen LogP contribution in [-0.2, 0) is 0 Å². The molecule has 1 amide bonds. The van der Waals surface area contributed by atoms with Gasteiger partial charge in [-0.25, -0.2) is 15.0 Å². The zero-order valence-electron chi connectivity index (χ0n) is 16.8. The highest BCUT2D eigenvalue weighted by Gasteiger charge is 2.31. The number of aromatic nitrogens is 3. The monoisotopic (exact) mass is 444 g/mol. The van der Waals surface area contributed by atoms with Gasteiger partial charge in [-0.1, -0.05) is 12.1 Å². The third kappa shape index (κ3) is 5.42. The molecular weight excluding hydrogens is 425 g/mol. The number of hydrogen-bond acceptors (Lipinski definition) is 7. The summed E-state index contributed by atoms with van der Waals surface area (Å²) in [6.07, 6.45) is -0.151. The standard InChI is InChI=1S/C21H19F3N6O2/c22-21(23,24)32-17-5-3-4-15(12-17)19(31)28-16-13-26-20(27-14-16)30-10-8-29(9-11-30)18-6-1-2-7-25-18/h1-7,12-14H,8-11H2,(H,28,31). The van der Waals surface area contributed by atoms with Crippen molar-refractivity contribution >= 4 is 23.4 Å². The number of piperazine rings is 1. The van der Waals surface area contributed by atoms with Gasteiger partial charge in [-0.3, -0.25) is 4.79 Å². The molecule has 4 rings (SSSR count). The first-order valence-electron chi connectivity index (χ1n) is 9.77. The van der Waals surface area contributed by atoms with Crippen LogP contribution in [0.4, 0.5) is 30.6 Å². The van der Waals surface area contributed by atoms with E-state index in [0.29, 0.717) is 24.7 Å². The molecule has 166 valence electrons. The number of carbonyl (C=O) groups is 1. The van der Waals surface area contributed by atoms with Gasteiger partial charge in [0.25, 0.3) is 5.91 Å². The lowest BCUT2D eigenvalue weighted by molar-refractivity contribution is -0.274. The van der Waals surface area contributed by atoms with E-state index in [-0.39, 0.29) is 5.56 Å². The van der Waals surface area contributed by atoms with Crippen molar-refractivity contribution in [3.63, 3.8) is 0 Å². The quantitative estimate of drug-likeness (QED) is 0.646. The molecule has 1 aromatic carbocycles. The maximum absolute atomic E-state index is 12.4. The highest BCUT2D eigenvalue weighted by molar-refractivity contribution is 6.04. The van der Waals surface area contributed by atoms with E-state index >= 15 is 0 Å². The number of rotatable bonds is 5. The summed E-state index contributed by atoms with van der Waals surface area (Å²) < 4.78 is 41.0. The van der Waals surface area contributed by atoms with Crippen LogP contribution in [-0.4, -0.2) is 53.4 Å². The van der Waals surface area contributed by atoms with Crippen molar-refractivity contribution in [1.82, 2.24) is 15.0 Å². The Morgan fingerprint density at radius 1 is 0.938 bits per heavy atom. The number of anilines is 3. The highest BCUT2D eigenvalue weighted by Crippen LogP contribution is 2.24. The SMILES string of the molecule is O=C(Nc1cnc(N2CCN(c3ccccn3)CC2)nc1)c1cccc(OC(F)(F)F)c1. The number of alkyl halides is 3. The molecule has 3 aromatic rings. The Morgan fingerprint density at radius 2 is 1.66 bits per heavy atom. The van der Waals surface area contributed by atoms with E-state index in [9.17, 15) is 18.0 Å². The van der Waals surface area contributed by atoms with E-state index in [0.717, 1.165) is 31.0 Å². The van der Waals surface area contributed by atoms with Gasteiger partial charge in [-0.2, -0.15) is 0 Å². The summed E-state index contributed by atoms with van der Waals surface area (Å²) in [6, 6.07) is 10.6. The van der Waals surface area contributed by atoms with E-state index < -0.39 is 18.0 Å². The van der Waals surface area contributed by atoms with Crippen LogP contribution in [0.3, 0.4) is 0 Å². The van der Waals surface area contributed by atoms with E-state index in [1.165, 1.54) is 24.5 Å². The predicted octanol–water partition coefficient (Wildman–Crippen LogP) is 3.35. The van der Waals surface area contributed by atoms with E-state index in [2.05, 4.69) is 29.9 Å². The van der Waals surface area contributed by atoms with Crippen LogP contribution in [0.1, 0.15) is 10.4 Å². The molecule has 0 bridgehead atoms. The van der Waals surface area contributed by atoms with Gasteiger partial charge in [0.15, 0.2) is 0 Å². The molecule has 1 fully saturated rings. The second kappa shape index (κ2) is 9.08. The Balaban J connectivity index is 1.34. The zero-order chi connectivity index (χ0) is 22.6. The average molecular weight is 444 g/mol. The summed E-state index contributed by atoms with van der Waals surface area (Å²) in [5.74, 6) is 0.389. The zero-order valence-corrected chi connectivity index (χ0v) is 16.8. The number of pyridine rings is 1. The fraction of sp³-hybridized carbons (Fsp3) is 0.238. The molecule has 8 nitrogen and oxygen atoms in total. The maximum Gasteiger partial charge on any atom is 0.573 e. The van der Waals surface area contributed by atoms with Crippen LogP contribution in [0.25, 0.3) is 0 Å². The van der Waals surface area contributed by atoms with Crippen LogP contribution >= 0.6 is 0 Å². The van der Waals surface area contributed by atoms with Crippen LogP contribution in [0.5, 0.6) is 5.75 Å². The minimum atomic E-state index is -4.83. The van der Waals surface area contributed by atoms with Gasteiger partial charge in [0.2, 0.25) is 5.95 Å². The minimum absolute atomic E-state index is 0.0152. The molecule has 0 atom stereocenters. The molecule has 0 unspecified atom stereocenters. The number of carbonyl (C=O) groups excluding carboxylic acids is 1. The second-order valence-corrected chi connectivity index (χ2v) is 6.96. The lowest BCUT2D eigenvalue weighted by atomic mass is 10.2. The number of amides is 1. The summed E-state index contributed by atoms with van der Waals surface area (Å²) in [7, 11) is 0. The van der Waals surface area contributed by atoms with Crippen molar-refractivity contribution < 1.29 is 22.7 Å². The average Bonchev–Trinajstić information content (AvgIpc) is 2.79. The fourth-order valence-electron chi connectivity index (χ4n) is 3.26. The molecule has 3 heterocycles. The Hall–Kier alpha value is -3.89. The van der Waals surface area contributed by atoms with E-state index in [4.69, 9.17) is 0 Å². The molecule has 2 aromatic heterocycles. The number of ether oxygens (including phenoxy) is 1. The van der Waals surface area contributed by atoms with Gasteiger partial charge in [0.1, 0.15) is 11.6 Å². The van der Waals surface area contributed by atoms with Gasteiger partial charge in [-0.05, 0) is 30.3 Å². The normalized spacial score (nSPS) is 14.2. The number of nitrogens with zero attached hydrogens (tertiary/aromatic N) is 5. The minimum Gasteiger partial charge on any atom is -0.406 e. The van der Waals surface area contributed by atoms with Crippen molar-refractivity contribution in [3.8, 4) is 5.75 Å². The van der Waals surface area contributed by atoms with Crippen LogP contribution in [0.2, 0.25) is 0 Å². The Kier molecular flexibility index (Phi) is 6.06. The second-order valence-electron chi connectivity index (χ2n) is 6.96. The number of hydrogen-bond donors (Lipinski definition) is 1. The van der Waals surface area contributed by atoms with Crippen molar-refractivity contribution in [2.45, 2.75) is 6.36 Å². The molecule has 0 aliphatic carbocycles. The third-order valence-corrected chi connectivity index (χ3v) is 4.76. The van der Waals surface area contributed by atoms with Crippen molar-refractivity contribution in [3.05, 3.63) is 66.6 Å². The van der Waals surface area contributed by atoms with Gasteiger partial charge < -0.3 is 19.9 Å². The summed E-state index contributed by atoms with van der Waals surface area (Å²) in [4.78, 5) is 29.5. The molecule has 1 aliphatic rings. The molecule has 1 aliphatic heterocycles.